The SMILES string of the molecule is Cc1cc(Nc2nc(C)c(C)s2)nc([C@@H]2CCCCN2C(=O)/C=C/c2cnn(C)c2)n1. The molecule has 0 radical (unpaired) electrons. The van der Waals surface area contributed by atoms with Crippen molar-refractivity contribution in [2.24, 2.45) is 7.05 Å². The van der Waals surface area contributed by atoms with E-state index in [1.165, 1.54) is 4.88 Å². The highest BCUT2D eigenvalue weighted by Crippen LogP contribution is 2.31. The second-order valence-electron chi connectivity index (χ2n) is 7.86. The Balaban J connectivity index is 1.56. The van der Waals surface area contributed by atoms with Crippen molar-refractivity contribution in [3.63, 3.8) is 0 Å². The number of anilines is 2. The molecule has 1 amide bonds. The molecule has 1 atom stereocenters. The van der Waals surface area contributed by atoms with Crippen molar-refractivity contribution >= 4 is 34.3 Å². The third kappa shape index (κ3) is 4.99. The van der Waals surface area contributed by atoms with Crippen molar-refractivity contribution in [2.45, 2.75) is 46.1 Å². The predicted molar refractivity (Wildman–Crippen MR) is 122 cm³/mol. The fraction of sp³-hybridized carbons (Fsp3) is 0.409. The van der Waals surface area contributed by atoms with Crippen LogP contribution in [0.5, 0.6) is 0 Å². The summed E-state index contributed by atoms with van der Waals surface area (Å²) < 4.78 is 1.72. The number of likely N-dealkylation sites (tertiary alicyclic amines) is 1. The van der Waals surface area contributed by atoms with Gasteiger partial charge in [0.25, 0.3) is 0 Å². The van der Waals surface area contributed by atoms with Crippen molar-refractivity contribution in [2.75, 3.05) is 11.9 Å². The molecule has 3 aromatic rings. The van der Waals surface area contributed by atoms with Crippen molar-refractivity contribution in [3.8, 4) is 0 Å². The van der Waals surface area contributed by atoms with E-state index in [2.05, 4.69) is 27.3 Å². The maximum absolute atomic E-state index is 13.0. The van der Waals surface area contributed by atoms with Crippen LogP contribution in [0.3, 0.4) is 0 Å². The summed E-state index contributed by atoms with van der Waals surface area (Å²) >= 11 is 1.61. The molecule has 4 rings (SSSR count). The number of thiazole rings is 1. The van der Waals surface area contributed by atoms with Gasteiger partial charge in [-0.2, -0.15) is 5.10 Å². The van der Waals surface area contributed by atoms with Crippen molar-refractivity contribution in [1.82, 2.24) is 29.6 Å². The number of hydrogen-bond donors (Lipinski definition) is 1. The van der Waals surface area contributed by atoms with Gasteiger partial charge in [-0.25, -0.2) is 15.0 Å². The molecule has 162 valence electrons. The summed E-state index contributed by atoms with van der Waals surface area (Å²) in [6.45, 7) is 6.70. The van der Waals surface area contributed by atoms with E-state index in [4.69, 9.17) is 4.98 Å². The Bertz CT molecular complexity index is 1100. The Labute approximate surface area is 186 Å². The number of rotatable bonds is 5. The lowest BCUT2D eigenvalue weighted by Gasteiger charge is -2.34. The highest BCUT2D eigenvalue weighted by Gasteiger charge is 2.29. The second-order valence-corrected chi connectivity index (χ2v) is 9.07. The molecule has 0 aliphatic carbocycles. The average molecular weight is 438 g/mol. The monoisotopic (exact) mass is 437 g/mol. The van der Waals surface area contributed by atoms with E-state index in [0.29, 0.717) is 18.2 Å². The van der Waals surface area contributed by atoms with Gasteiger partial charge in [0, 0.05) is 48.1 Å². The molecule has 1 N–H and O–H groups in total. The Morgan fingerprint density at radius 1 is 1.23 bits per heavy atom. The van der Waals surface area contributed by atoms with Gasteiger partial charge in [-0.05, 0) is 46.1 Å². The minimum absolute atomic E-state index is 0.0284. The van der Waals surface area contributed by atoms with Gasteiger partial charge in [-0.3, -0.25) is 9.48 Å². The summed E-state index contributed by atoms with van der Waals surface area (Å²) in [5, 5.41) is 8.26. The lowest BCUT2D eigenvalue weighted by Crippen LogP contribution is -2.38. The summed E-state index contributed by atoms with van der Waals surface area (Å²) in [5.41, 5.74) is 2.78. The van der Waals surface area contributed by atoms with Gasteiger partial charge in [-0.1, -0.05) is 0 Å². The number of nitrogens with one attached hydrogen (secondary N) is 1. The van der Waals surface area contributed by atoms with Gasteiger partial charge in [0.15, 0.2) is 11.0 Å². The van der Waals surface area contributed by atoms with E-state index in [-0.39, 0.29) is 11.9 Å². The first-order valence-corrected chi connectivity index (χ1v) is 11.2. The Morgan fingerprint density at radius 3 is 2.77 bits per heavy atom. The zero-order valence-corrected chi connectivity index (χ0v) is 19.1. The summed E-state index contributed by atoms with van der Waals surface area (Å²) in [7, 11) is 1.86. The number of carbonyl (C=O) groups excluding carboxylic acids is 1. The molecule has 1 aliphatic heterocycles. The molecular formula is C22H27N7OS. The number of amides is 1. The van der Waals surface area contributed by atoms with E-state index in [1.807, 2.05) is 38.1 Å². The molecular weight excluding hydrogens is 410 g/mol. The van der Waals surface area contributed by atoms with Crippen LogP contribution < -0.4 is 5.32 Å². The van der Waals surface area contributed by atoms with Gasteiger partial charge in [0.05, 0.1) is 17.9 Å². The molecule has 1 fully saturated rings. The highest BCUT2D eigenvalue weighted by atomic mass is 32.1. The summed E-state index contributed by atoms with van der Waals surface area (Å²) in [4.78, 5) is 30.0. The first-order chi connectivity index (χ1) is 14.9. The largest absolute Gasteiger partial charge is 0.329 e. The minimum Gasteiger partial charge on any atom is -0.329 e. The van der Waals surface area contributed by atoms with E-state index < -0.39 is 0 Å². The summed E-state index contributed by atoms with van der Waals surface area (Å²) in [6.07, 6.45) is 9.92. The standard InChI is InChI=1S/C22H27N7OS/c1-14-11-19(27-22-25-15(2)16(3)31-22)26-21(24-14)18-7-5-6-10-29(18)20(30)9-8-17-12-23-28(4)13-17/h8-9,11-13,18H,5-7,10H2,1-4H3,(H,24,25,26,27)/b9-8+/t18-/m0/s1. The quantitative estimate of drug-likeness (QED) is 0.605. The van der Waals surface area contributed by atoms with Crippen molar-refractivity contribution in [1.29, 1.82) is 0 Å². The number of piperidine rings is 1. The first-order valence-electron chi connectivity index (χ1n) is 10.4. The molecule has 9 heteroatoms. The average Bonchev–Trinajstić information content (AvgIpc) is 3.30. The Morgan fingerprint density at radius 2 is 2.06 bits per heavy atom. The van der Waals surface area contributed by atoms with Crippen LogP contribution in [0.4, 0.5) is 10.9 Å². The molecule has 0 unspecified atom stereocenters. The van der Waals surface area contributed by atoms with Crippen LogP contribution in [0.2, 0.25) is 0 Å². The molecule has 0 aromatic carbocycles. The normalized spacial score (nSPS) is 16.8. The molecule has 8 nitrogen and oxygen atoms in total. The van der Waals surface area contributed by atoms with Crippen LogP contribution in [0, 0.1) is 20.8 Å². The molecule has 1 aliphatic rings. The molecule has 31 heavy (non-hydrogen) atoms. The van der Waals surface area contributed by atoms with Gasteiger partial charge < -0.3 is 10.2 Å². The van der Waals surface area contributed by atoms with E-state index in [0.717, 1.165) is 41.3 Å². The van der Waals surface area contributed by atoms with Crippen LogP contribution >= 0.6 is 11.3 Å². The van der Waals surface area contributed by atoms with Crippen LogP contribution in [0.1, 0.15) is 53.0 Å². The van der Waals surface area contributed by atoms with Crippen LogP contribution in [-0.4, -0.2) is 42.1 Å². The first kappa shape index (κ1) is 21.2. The fourth-order valence-corrected chi connectivity index (χ4v) is 4.52. The smallest absolute Gasteiger partial charge is 0.247 e. The molecule has 0 bridgehead atoms. The van der Waals surface area contributed by atoms with Gasteiger partial charge >= 0.3 is 0 Å². The van der Waals surface area contributed by atoms with Crippen LogP contribution in [-0.2, 0) is 11.8 Å². The number of nitrogens with zero attached hydrogens (tertiary/aromatic N) is 6. The Kier molecular flexibility index (Phi) is 6.13. The van der Waals surface area contributed by atoms with Gasteiger partial charge in [0.2, 0.25) is 5.91 Å². The van der Waals surface area contributed by atoms with Crippen molar-refractivity contribution in [3.05, 3.63) is 52.2 Å². The van der Waals surface area contributed by atoms with Crippen LogP contribution in [0.15, 0.2) is 24.5 Å². The third-order valence-electron chi connectivity index (χ3n) is 5.36. The number of hydrogen-bond acceptors (Lipinski definition) is 7. The topological polar surface area (TPSA) is 88.8 Å². The van der Waals surface area contributed by atoms with Gasteiger partial charge in [-0.15, -0.1) is 11.3 Å². The summed E-state index contributed by atoms with van der Waals surface area (Å²) in [6, 6.07) is 1.77. The molecule has 3 aromatic heterocycles. The predicted octanol–water partition coefficient (Wildman–Crippen LogP) is 4.10. The van der Waals surface area contributed by atoms with E-state index >= 15 is 0 Å². The maximum Gasteiger partial charge on any atom is 0.247 e. The molecule has 0 spiro atoms. The zero-order valence-electron chi connectivity index (χ0n) is 18.3. The fourth-order valence-electron chi connectivity index (χ4n) is 3.69. The third-order valence-corrected chi connectivity index (χ3v) is 6.35. The van der Waals surface area contributed by atoms with Gasteiger partial charge in [0.1, 0.15) is 5.82 Å². The maximum atomic E-state index is 13.0. The molecule has 4 heterocycles. The molecule has 0 saturated carbocycles. The zero-order chi connectivity index (χ0) is 22.0. The number of carbonyl (C=O) groups is 1. The second kappa shape index (κ2) is 8.97. The summed E-state index contributed by atoms with van der Waals surface area (Å²) in [5.74, 6) is 1.36. The number of aryl methyl sites for hydroxylation is 4. The minimum atomic E-state index is -0.139. The Hall–Kier alpha value is -3.07. The molecule has 1 saturated heterocycles. The van der Waals surface area contributed by atoms with E-state index in [1.54, 1.807) is 34.4 Å². The lowest BCUT2D eigenvalue weighted by molar-refractivity contribution is -0.129. The highest BCUT2D eigenvalue weighted by molar-refractivity contribution is 7.15. The number of aromatic nitrogens is 5. The lowest BCUT2D eigenvalue weighted by atomic mass is 10.0. The van der Waals surface area contributed by atoms with Crippen molar-refractivity contribution < 1.29 is 4.79 Å². The van der Waals surface area contributed by atoms with E-state index in [9.17, 15) is 4.79 Å². The van der Waals surface area contributed by atoms with Crippen LogP contribution in [0.25, 0.3) is 6.08 Å².